The molecule has 1 N–H and O–H groups in total. The predicted molar refractivity (Wildman–Crippen MR) is 104 cm³/mol. The van der Waals surface area contributed by atoms with Crippen LogP contribution in [0.2, 0.25) is 0 Å². The van der Waals surface area contributed by atoms with Crippen LogP contribution in [0.5, 0.6) is 0 Å². The molecule has 7 nitrogen and oxygen atoms in total. The molecule has 0 radical (unpaired) electrons. The normalized spacial score (nSPS) is 19.1. The number of ketones is 1. The van der Waals surface area contributed by atoms with Crippen molar-refractivity contribution in [2.45, 2.75) is 64.6 Å². The smallest absolute Gasteiger partial charge is 0.224 e. The van der Waals surface area contributed by atoms with Crippen molar-refractivity contribution in [2.75, 3.05) is 6.61 Å². The minimum atomic E-state index is -0.0819. The fraction of sp³-hybridized carbons (Fsp3) is 0.571. The van der Waals surface area contributed by atoms with E-state index in [1.165, 1.54) is 0 Å². The quantitative estimate of drug-likeness (QED) is 0.827. The molecule has 2 aromatic rings. The van der Waals surface area contributed by atoms with Crippen LogP contribution in [-0.2, 0) is 42.5 Å². The number of rotatable bonds is 6. The van der Waals surface area contributed by atoms with Gasteiger partial charge in [-0.3, -0.25) is 9.59 Å². The SMILES string of the molecule is Cc1c(CC(=O)NCc2nccn2C)c2c(n1C[C@@H]1CCCO1)CCCC2=O. The highest BCUT2D eigenvalue weighted by Gasteiger charge is 2.30. The lowest BCUT2D eigenvalue weighted by atomic mass is 9.92. The lowest BCUT2D eigenvalue weighted by molar-refractivity contribution is -0.120. The first-order chi connectivity index (χ1) is 13.5. The second-order valence-electron chi connectivity index (χ2n) is 7.82. The van der Waals surface area contributed by atoms with Gasteiger partial charge in [0, 0.05) is 56.0 Å². The number of nitrogens with one attached hydrogen (secondary N) is 1. The summed E-state index contributed by atoms with van der Waals surface area (Å²) in [6.07, 6.45) is 8.49. The third kappa shape index (κ3) is 3.63. The number of Topliss-reactive ketones (excluding diaryl/α,β-unsaturated/α-hetero) is 1. The summed E-state index contributed by atoms with van der Waals surface area (Å²) in [5, 5.41) is 2.94. The van der Waals surface area contributed by atoms with Crippen LogP contribution < -0.4 is 5.32 Å². The number of carbonyl (C=O) groups excluding carboxylic acids is 2. The molecule has 7 heteroatoms. The number of amides is 1. The monoisotopic (exact) mass is 384 g/mol. The van der Waals surface area contributed by atoms with Crippen molar-refractivity contribution in [1.82, 2.24) is 19.4 Å². The Balaban J connectivity index is 1.55. The molecule has 1 saturated heterocycles. The summed E-state index contributed by atoms with van der Waals surface area (Å²) in [6, 6.07) is 0. The molecule has 3 heterocycles. The van der Waals surface area contributed by atoms with Gasteiger partial charge in [-0.25, -0.2) is 4.98 Å². The van der Waals surface area contributed by atoms with Crippen LogP contribution in [-0.4, -0.2) is 38.5 Å². The average Bonchev–Trinajstić information content (AvgIpc) is 3.38. The number of carbonyl (C=O) groups is 2. The third-order valence-corrected chi connectivity index (χ3v) is 5.97. The molecule has 0 saturated carbocycles. The zero-order chi connectivity index (χ0) is 19.7. The van der Waals surface area contributed by atoms with Crippen molar-refractivity contribution in [2.24, 2.45) is 7.05 Å². The van der Waals surface area contributed by atoms with Gasteiger partial charge in [-0.15, -0.1) is 0 Å². The highest BCUT2D eigenvalue weighted by Crippen LogP contribution is 2.31. The summed E-state index contributed by atoms with van der Waals surface area (Å²) in [7, 11) is 1.90. The molecule has 1 aliphatic heterocycles. The Morgan fingerprint density at radius 1 is 1.36 bits per heavy atom. The number of fused-ring (bicyclic) bond motifs is 1. The number of hydrogen-bond donors (Lipinski definition) is 1. The number of aromatic nitrogens is 3. The summed E-state index contributed by atoms with van der Waals surface area (Å²) in [4.78, 5) is 29.5. The molecule has 0 bridgehead atoms. The molecular formula is C21H28N4O3. The molecule has 2 aliphatic rings. The Hall–Kier alpha value is -2.41. The van der Waals surface area contributed by atoms with E-state index in [2.05, 4.69) is 14.9 Å². The number of hydrogen-bond acceptors (Lipinski definition) is 4. The molecule has 0 unspecified atom stereocenters. The molecule has 2 aromatic heterocycles. The van der Waals surface area contributed by atoms with Crippen molar-refractivity contribution in [3.8, 4) is 0 Å². The van der Waals surface area contributed by atoms with Gasteiger partial charge in [0.25, 0.3) is 0 Å². The fourth-order valence-electron chi connectivity index (χ4n) is 4.41. The van der Waals surface area contributed by atoms with E-state index in [9.17, 15) is 9.59 Å². The van der Waals surface area contributed by atoms with Crippen LogP contribution in [0.3, 0.4) is 0 Å². The third-order valence-electron chi connectivity index (χ3n) is 5.97. The summed E-state index contributed by atoms with van der Waals surface area (Å²) in [5.74, 6) is 0.892. The zero-order valence-corrected chi connectivity index (χ0v) is 16.7. The Labute approximate surface area is 165 Å². The highest BCUT2D eigenvalue weighted by atomic mass is 16.5. The first kappa shape index (κ1) is 18.9. The van der Waals surface area contributed by atoms with Crippen LogP contribution in [0.15, 0.2) is 12.4 Å². The Kier molecular flexibility index (Phi) is 5.35. The van der Waals surface area contributed by atoms with Crippen molar-refractivity contribution in [3.63, 3.8) is 0 Å². The zero-order valence-electron chi connectivity index (χ0n) is 16.7. The highest BCUT2D eigenvalue weighted by molar-refractivity contribution is 6.01. The summed E-state index contributed by atoms with van der Waals surface area (Å²) >= 11 is 0. The van der Waals surface area contributed by atoms with Crippen molar-refractivity contribution >= 4 is 11.7 Å². The number of ether oxygens (including phenoxy) is 1. The van der Waals surface area contributed by atoms with Gasteiger partial charge in [0.05, 0.1) is 19.1 Å². The van der Waals surface area contributed by atoms with Gasteiger partial charge in [-0.1, -0.05) is 0 Å². The fourth-order valence-corrected chi connectivity index (χ4v) is 4.41. The summed E-state index contributed by atoms with van der Waals surface area (Å²) in [6.45, 7) is 4.00. The van der Waals surface area contributed by atoms with E-state index in [4.69, 9.17) is 4.74 Å². The molecule has 150 valence electrons. The van der Waals surface area contributed by atoms with E-state index in [1.807, 2.05) is 24.7 Å². The van der Waals surface area contributed by atoms with Gasteiger partial charge >= 0.3 is 0 Å². The maximum Gasteiger partial charge on any atom is 0.224 e. The van der Waals surface area contributed by atoms with Gasteiger partial charge in [0.2, 0.25) is 5.91 Å². The molecule has 1 atom stereocenters. The van der Waals surface area contributed by atoms with Crippen molar-refractivity contribution in [1.29, 1.82) is 0 Å². The van der Waals surface area contributed by atoms with Crippen LogP contribution >= 0.6 is 0 Å². The molecule has 0 aromatic carbocycles. The van der Waals surface area contributed by atoms with Gasteiger partial charge in [-0.05, 0) is 38.2 Å². The minimum absolute atomic E-state index is 0.0819. The molecule has 1 amide bonds. The number of aryl methyl sites for hydroxylation is 1. The standard InChI is InChI=1S/C21H28N4O3/c1-14-16(11-20(27)23-12-19-22-8-9-24(19)2)21-17(6-3-7-18(21)26)25(14)13-15-5-4-10-28-15/h8-9,15H,3-7,10-13H2,1-2H3,(H,23,27)/t15-/m0/s1. The molecule has 1 aliphatic carbocycles. The van der Waals surface area contributed by atoms with E-state index in [-0.39, 0.29) is 24.2 Å². The first-order valence-electron chi connectivity index (χ1n) is 10.1. The minimum Gasteiger partial charge on any atom is -0.376 e. The maximum atomic E-state index is 12.7. The average molecular weight is 384 g/mol. The Morgan fingerprint density at radius 3 is 2.93 bits per heavy atom. The first-order valence-corrected chi connectivity index (χ1v) is 10.1. The topological polar surface area (TPSA) is 78.2 Å². The van der Waals surface area contributed by atoms with Gasteiger partial charge in [0.1, 0.15) is 5.82 Å². The van der Waals surface area contributed by atoms with Gasteiger partial charge < -0.3 is 19.2 Å². The molecule has 1 fully saturated rings. The lowest BCUT2D eigenvalue weighted by Gasteiger charge is -2.18. The van der Waals surface area contributed by atoms with Gasteiger partial charge in [0.15, 0.2) is 5.78 Å². The summed E-state index contributed by atoms with van der Waals surface area (Å²) in [5.41, 5.74) is 3.79. The maximum absolute atomic E-state index is 12.7. The van der Waals surface area contributed by atoms with Crippen LogP contribution in [0.4, 0.5) is 0 Å². The van der Waals surface area contributed by atoms with Gasteiger partial charge in [-0.2, -0.15) is 0 Å². The van der Waals surface area contributed by atoms with E-state index < -0.39 is 0 Å². The Bertz CT molecular complexity index is 890. The van der Waals surface area contributed by atoms with Crippen molar-refractivity contribution < 1.29 is 14.3 Å². The second-order valence-corrected chi connectivity index (χ2v) is 7.82. The van der Waals surface area contributed by atoms with E-state index in [0.717, 1.165) is 67.2 Å². The van der Waals surface area contributed by atoms with Crippen molar-refractivity contribution in [3.05, 3.63) is 40.7 Å². The molecule has 28 heavy (non-hydrogen) atoms. The predicted octanol–water partition coefficient (Wildman–Crippen LogP) is 2.09. The van der Waals surface area contributed by atoms with E-state index in [0.29, 0.717) is 13.0 Å². The van der Waals surface area contributed by atoms with Crippen LogP contribution in [0, 0.1) is 6.92 Å². The van der Waals surface area contributed by atoms with E-state index >= 15 is 0 Å². The molecule has 0 spiro atoms. The van der Waals surface area contributed by atoms with E-state index in [1.54, 1.807) is 6.20 Å². The Morgan fingerprint density at radius 2 is 2.21 bits per heavy atom. The lowest BCUT2D eigenvalue weighted by Crippen LogP contribution is -2.27. The van der Waals surface area contributed by atoms with Crippen LogP contribution in [0.25, 0.3) is 0 Å². The number of imidazole rings is 1. The number of nitrogens with zero attached hydrogens (tertiary/aromatic N) is 3. The molecular weight excluding hydrogens is 356 g/mol. The largest absolute Gasteiger partial charge is 0.376 e. The molecule has 4 rings (SSSR count). The summed E-state index contributed by atoms with van der Waals surface area (Å²) < 4.78 is 9.94. The second kappa shape index (κ2) is 7.91. The van der Waals surface area contributed by atoms with Crippen LogP contribution in [0.1, 0.15) is 58.8 Å².